The Kier molecular flexibility index (Phi) is 3.60. The van der Waals surface area contributed by atoms with E-state index in [1.54, 1.807) is 17.4 Å². The van der Waals surface area contributed by atoms with E-state index in [0.29, 0.717) is 10.0 Å². The highest BCUT2D eigenvalue weighted by Gasteiger charge is 2.24. The van der Waals surface area contributed by atoms with Gasteiger partial charge in [0.05, 0.1) is 21.9 Å². The number of morpholine rings is 1. The zero-order valence-corrected chi connectivity index (χ0v) is 13.0. The second-order valence-corrected chi connectivity index (χ2v) is 6.75. The molecule has 0 saturated carbocycles. The van der Waals surface area contributed by atoms with Crippen LogP contribution in [0.3, 0.4) is 0 Å². The summed E-state index contributed by atoms with van der Waals surface area (Å²) in [5.74, 6) is 0. The van der Waals surface area contributed by atoms with Crippen LogP contribution in [0.15, 0.2) is 12.1 Å². The van der Waals surface area contributed by atoms with Gasteiger partial charge in [0, 0.05) is 18.1 Å². The molecule has 1 aliphatic rings. The fourth-order valence-electron chi connectivity index (χ4n) is 2.41. The number of anilines is 1. The van der Waals surface area contributed by atoms with Crippen LogP contribution in [-0.4, -0.2) is 30.3 Å². The summed E-state index contributed by atoms with van der Waals surface area (Å²) >= 11 is 13.8. The normalized spacial score (nSPS) is 24.1. The zero-order valence-electron chi connectivity index (χ0n) is 10.7. The summed E-state index contributed by atoms with van der Waals surface area (Å²) in [6, 6.07) is 3.65. The maximum absolute atomic E-state index is 6.19. The number of nitrogens with zero attached hydrogens (tertiary/aromatic N) is 2. The van der Waals surface area contributed by atoms with Crippen LogP contribution in [-0.2, 0) is 4.74 Å². The first-order valence-electron chi connectivity index (χ1n) is 6.19. The van der Waals surface area contributed by atoms with Gasteiger partial charge in [-0.3, -0.25) is 0 Å². The number of thiazole rings is 1. The predicted molar refractivity (Wildman–Crippen MR) is 81.9 cm³/mol. The van der Waals surface area contributed by atoms with Gasteiger partial charge in [-0.25, -0.2) is 4.98 Å². The largest absolute Gasteiger partial charge is 0.372 e. The second kappa shape index (κ2) is 5.09. The highest BCUT2D eigenvalue weighted by Crippen LogP contribution is 2.36. The third-order valence-corrected chi connectivity index (χ3v) is 4.66. The number of ether oxygens (including phenoxy) is 1. The Bertz CT molecular complexity index is 606. The van der Waals surface area contributed by atoms with Crippen LogP contribution in [0.2, 0.25) is 10.0 Å². The molecule has 0 amide bonds. The molecule has 2 heterocycles. The minimum atomic E-state index is 0.217. The van der Waals surface area contributed by atoms with Gasteiger partial charge in [-0.15, -0.1) is 0 Å². The average molecular weight is 317 g/mol. The van der Waals surface area contributed by atoms with E-state index in [1.165, 1.54) is 0 Å². The van der Waals surface area contributed by atoms with Gasteiger partial charge < -0.3 is 9.64 Å². The van der Waals surface area contributed by atoms with Crippen LogP contribution in [0.4, 0.5) is 5.13 Å². The van der Waals surface area contributed by atoms with Crippen LogP contribution in [0.5, 0.6) is 0 Å². The van der Waals surface area contributed by atoms with Gasteiger partial charge in [0.15, 0.2) is 5.13 Å². The maximum Gasteiger partial charge on any atom is 0.186 e. The molecule has 0 radical (unpaired) electrons. The van der Waals surface area contributed by atoms with Crippen molar-refractivity contribution >= 4 is 49.9 Å². The number of aromatic nitrogens is 1. The first kappa shape index (κ1) is 13.4. The van der Waals surface area contributed by atoms with E-state index >= 15 is 0 Å². The minimum absolute atomic E-state index is 0.217. The van der Waals surface area contributed by atoms with Crippen LogP contribution >= 0.6 is 34.5 Å². The standard InChI is InChI=1S/C13H14Cl2N2OS/c1-7-5-17(6-8(2)18-7)13-16-12-10(15)3-9(14)4-11(12)19-13/h3-4,7-8H,5-6H2,1-2H3/t7-,8+. The third-order valence-electron chi connectivity index (χ3n) is 3.09. The van der Waals surface area contributed by atoms with E-state index < -0.39 is 0 Å². The summed E-state index contributed by atoms with van der Waals surface area (Å²) < 4.78 is 6.77. The van der Waals surface area contributed by atoms with Gasteiger partial charge in [0.25, 0.3) is 0 Å². The summed E-state index contributed by atoms with van der Waals surface area (Å²) in [5, 5.41) is 2.25. The van der Waals surface area contributed by atoms with Crippen LogP contribution in [0, 0.1) is 0 Å². The average Bonchev–Trinajstić information content (AvgIpc) is 2.71. The van der Waals surface area contributed by atoms with Gasteiger partial charge in [-0.1, -0.05) is 34.5 Å². The van der Waals surface area contributed by atoms with Crippen molar-refractivity contribution in [3.05, 3.63) is 22.2 Å². The molecule has 0 aliphatic carbocycles. The Labute approximate surface area is 126 Å². The summed E-state index contributed by atoms with van der Waals surface area (Å²) in [4.78, 5) is 6.90. The molecule has 19 heavy (non-hydrogen) atoms. The van der Waals surface area contributed by atoms with E-state index in [-0.39, 0.29) is 12.2 Å². The topological polar surface area (TPSA) is 25.4 Å². The van der Waals surface area contributed by atoms with E-state index in [1.807, 2.05) is 6.07 Å². The number of hydrogen-bond donors (Lipinski definition) is 0. The first-order valence-corrected chi connectivity index (χ1v) is 7.76. The molecule has 1 fully saturated rings. The Hall–Kier alpha value is -0.550. The molecule has 102 valence electrons. The Morgan fingerprint density at radius 2 is 1.95 bits per heavy atom. The molecule has 0 unspecified atom stereocenters. The van der Waals surface area contributed by atoms with Crippen molar-refractivity contribution < 1.29 is 4.74 Å². The Balaban J connectivity index is 1.99. The highest BCUT2D eigenvalue weighted by molar-refractivity contribution is 7.22. The predicted octanol–water partition coefficient (Wildman–Crippen LogP) is 4.22. The number of halogens is 2. The lowest BCUT2D eigenvalue weighted by Gasteiger charge is -2.35. The molecule has 1 aromatic heterocycles. The van der Waals surface area contributed by atoms with Crippen molar-refractivity contribution in [2.45, 2.75) is 26.1 Å². The fraction of sp³-hybridized carbons (Fsp3) is 0.462. The molecule has 0 bridgehead atoms. The first-order chi connectivity index (χ1) is 9.02. The van der Waals surface area contributed by atoms with Crippen molar-refractivity contribution in [1.82, 2.24) is 4.98 Å². The van der Waals surface area contributed by atoms with E-state index in [4.69, 9.17) is 27.9 Å². The molecular weight excluding hydrogens is 303 g/mol. The lowest BCUT2D eigenvalue weighted by atomic mass is 10.2. The van der Waals surface area contributed by atoms with Crippen LogP contribution in [0.25, 0.3) is 10.2 Å². The Morgan fingerprint density at radius 3 is 2.63 bits per heavy atom. The van der Waals surface area contributed by atoms with E-state index in [2.05, 4.69) is 23.7 Å². The molecule has 0 spiro atoms. The summed E-state index contributed by atoms with van der Waals surface area (Å²) in [5.41, 5.74) is 0.831. The van der Waals surface area contributed by atoms with Gasteiger partial charge in [0.1, 0.15) is 5.52 Å². The van der Waals surface area contributed by atoms with Crippen molar-refractivity contribution in [3.8, 4) is 0 Å². The molecular formula is C13H14Cl2N2OS. The molecule has 2 atom stereocenters. The van der Waals surface area contributed by atoms with Gasteiger partial charge >= 0.3 is 0 Å². The summed E-state index contributed by atoms with van der Waals surface area (Å²) in [6.45, 7) is 5.88. The maximum atomic E-state index is 6.19. The van der Waals surface area contributed by atoms with Crippen molar-refractivity contribution in [3.63, 3.8) is 0 Å². The molecule has 0 N–H and O–H groups in total. The van der Waals surface area contributed by atoms with Crippen LogP contribution in [0.1, 0.15) is 13.8 Å². The molecule has 1 aliphatic heterocycles. The van der Waals surface area contributed by atoms with E-state index in [9.17, 15) is 0 Å². The number of benzene rings is 1. The fourth-order valence-corrected chi connectivity index (χ4v) is 4.12. The van der Waals surface area contributed by atoms with Crippen molar-refractivity contribution in [1.29, 1.82) is 0 Å². The van der Waals surface area contributed by atoms with Gasteiger partial charge in [-0.05, 0) is 26.0 Å². The number of hydrogen-bond acceptors (Lipinski definition) is 4. The zero-order chi connectivity index (χ0) is 13.6. The van der Waals surface area contributed by atoms with Crippen LogP contribution < -0.4 is 4.90 Å². The second-order valence-electron chi connectivity index (χ2n) is 4.89. The van der Waals surface area contributed by atoms with Crippen molar-refractivity contribution in [2.24, 2.45) is 0 Å². The Morgan fingerprint density at radius 1 is 1.26 bits per heavy atom. The molecule has 1 saturated heterocycles. The SMILES string of the molecule is C[C@@H]1CN(c2nc3c(Cl)cc(Cl)cc3s2)C[C@H](C)O1. The monoisotopic (exact) mass is 316 g/mol. The van der Waals surface area contributed by atoms with E-state index in [0.717, 1.165) is 28.4 Å². The number of fused-ring (bicyclic) bond motifs is 1. The van der Waals surface area contributed by atoms with Gasteiger partial charge in [0.2, 0.25) is 0 Å². The number of rotatable bonds is 1. The molecule has 2 aromatic rings. The third kappa shape index (κ3) is 2.68. The van der Waals surface area contributed by atoms with Gasteiger partial charge in [-0.2, -0.15) is 0 Å². The summed E-state index contributed by atoms with van der Waals surface area (Å²) in [7, 11) is 0. The quantitative estimate of drug-likeness (QED) is 0.787. The van der Waals surface area contributed by atoms with Crippen molar-refractivity contribution in [2.75, 3.05) is 18.0 Å². The lowest BCUT2D eigenvalue weighted by molar-refractivity contribution is -0.00521. The molecule has 3 rings (SSSR count). The highest BCUT2D eigenvalue weighted by atomic mass is 35.5. The summed E-state index contributed by atoms with van der Waals surface area (Å²) in [6.07, 6.45) is 0.435. The molecule has 1 aromatic carbocycles. The lowest BCUT2D eigenvalue weighted by Crippen LogP contribution is -2.45. The molecule has 3 nitrogen and oxygen atoms in total. The minimum Gasteiger partial charge on any atom is -0.372 e. The smallest absolute Gasteiger partial charge is 0.186 e. The molecule has 6 heteroatoms.